The van der Waals surface area contributed by atoms with Gasteiger partial charge in [-0.2, -0.15) is 0 Å². The number of hydrogen-bond donors (Lipinski definition) is 1. The van der Waals surface area contributed by atoms with Crippen molar-refractivity contribution < 1.29 is 0 Å². The zero-order valence-corrected chi connectivity index (χ0v) is 11.2. The van der Waals surface area contributed by atoms with E-state index in [1.807, 2.05) is 0 Å². The zero-order valence-electron chi connectivity index (χ0n) is 11.2. The average molecular weight is 230 g/mol. The number of hydrogen-bond acceptors (Lipinski definition) is 1. The summed E-state index contributed by atoms with van der Waals surface area (Å²) in [4.78, 5) is 0. The Hall–Kier alpha value is -1.28. The zero-order chi connectivity index (χ0) is 12.4. The molecule has 2 heteroatoms. The monoisotopic (exact) mass is 230 g/mol. The molecule has 1 aromatic heterocycles. The molecule has 92 valence electrons. The van der Waals surface area contributed by atoms with Gasteiger partial charge in [-0.3, -0.25) is 0 Å². The smallest absolute Gasteiger partial charge is 0.0528 e. The number of aromatic nitrogens is 1. The van der Waals surface area contributed by atoms with Crippen LogP contribution in [0, 0.1) is 0 Å². The molecule has 0 amide bonds. The van der Waals surface area contributed by atoms with E-state index in [9.17, 15) is 0 Å². The molecule has 0 saturated carbocycles. The minimum atomic E-state index is 0.507. The van der Waals surface area contributed by atoms with Crippen LogP contribution in [-0.2, 0) is 6.54 Å². The van der Waals surface area contributed by atoms with Gasteiger partial charge in [0.15, 0.2) is 0 Å². The van der Waals surface area contributed by atoms with Crippen molar-refractivity contribution in [2.75, 3.05) is 0 Å². The third kappa shape index (κ3) is 2.52. The summed E-state index contributed by atoms with van der Waals surface area (Å²) in [6.07, 6.45) is 2.19. The van der Waals surface area contributed by atoms with Crippen molar-refractivity contribution in [2.45, 2.75) is 46.3 Å². The standard InChI is InChI=1S/C15H22N2/c1-11(2)16-10-14-7-5-6-13-8-9-17(12(3)4)15(13)14/h5-9,11-12,16H,10H2,1-4H3. The maximum absolute atomic E-state index is 3.50. The normalized spacial score (nSPS) is 11.9. The molecule has 2 nitrogen and oxygen atoms in total. The van der Waals surface area contributed by atoms with Crippen molar-refractivity contribution in [3.8, 4) is 0 Å². The highest BCUT2D eigenvalue weighted by molar-refractivity contribution is 5.83. The average Bonchev–Trinajstić information content (AvgIpc) is 2.70. The summed E-state index contributed by atoms with van der Waals surface area (Å²) in [5.74, 6) is 0. The molecule has 2 aromatic rings. The fourth-order valence-corrected chi connectivity index (χ4v) is 2.18. The van der Waals surface area contributed by atoms with Gasteiger partial charge in [0.05, 0.1) is 5.52 Å². The Balaban J connectivity index is 2.43. The summed E-state index contributed by atoms with van der Waals surface area (Å²) < 4.78 is 2.35. The molecule has 0 unspecified atom stereocenters. The molecule has 0 bridgehead atoms. The van der Waals surface area contributed by atoms with Crippen molar-refractivity contribution in [3.63, 3.8) is 0 Å². The van der Waals surface area contributed by atoms with Crippen LogP contribution in [0.15, 0.2) is 30.5 Å². The van der Waals surface area contributed by atoms with Crippen molar-refractivity contribution >= 4 is 10.9 Å². The van der Waals surface area contributed by atoms with E-state index in [1.165, 1.54) is 16.5 Å². The molecule has 17 heavy (non-hydrogen) atoms. The van der Waals surface area contributed by atoms with Crippen LogP contribution < -0.4 is 5.32 Å². The predicted molar refractivity (Wildman–Crippen MR) is 74.3 cm³/mol. The molecule has 0 radical (unpaired) electrons. The molecule has 1 aromatic carbocycles. The van der Waals surface area contributed by atoms with Gasteiger partial charge in [0, 0.05) is 24.8 Å². The summed E-state index contributed by atoms with van der Waals surface area (Å²) in [5.41, 5.74) is 2.76. The highest BCUT2D eigenvalue weighted by Crippen LogP contribution is 2.23. The Kier molecular flexibility index (Phi) is 3.53. The summed E-state index contributed by atoms with van der Waals surface area (Å²) in [5, 5.41) is 4.83. The second-order valence-corrected chi connectivity index (χ2v) is 5.21. The molecular weight excluding hydrogens is 208 g/mol. The molecule has 0 fully saturated rings. The first-order chi connectivity index (χ1) is 8.09. The molecule has 0 saturated heterocycles. The topological polar surface area (TPSA) is 17.0 Å². The number of nitrogens with one attached hydrogen (secondary N) is 1. The fraction of sp³-hybridized carbons (Fsp3) is 0.467. The molecule has 1 heterocycles. The fourth-order valence-electron chi connectivity index (χ4n) is 2.18. The van der Waals surface area contributed by atoms with E-state index in [1.54, 1.807) is 0 Å². The van der Waals surface area contributed by atoms with Crippen LogP contribution in [0.25, 0.3) is 10.9 Å². The van der Waals surface area contributed by atoms with E-state index in [-0.39, 0.29) is 0 Å². The van der Waals surface area contributed by atoms with Crippen LogP contribution in [0.5, 0.6) is 0 Å². The van der Waals surface area contributed by atoms with E-state index in [2.05, 4.69) is 68.0 Å². The van der Waals surface area contributed by atoms with Gasteiger partial charge in [-0.1, -0.05) is 32.0 Å². The van der Waals surface area contributed by atoms with Gasteiger partial charge in [-0.15, -0.1) is 0 Å². The van der Waals surface area contributed by atoms with Crippen LogP contribution in [0.3, 0.4) is 0 Å². The quantitative estimate of drug-likeness (QED) is 0.847. The number of para-hydroxylation sites is 1. The summed E-state index contributed by atoms with van der Waals surface area (Å²) in [7, 11) is 0. The van der Waals surface area contributed by atoms with Crippen molar-refractivity contribution in [2.24, 2.45) is 0 Å². The third-order valence-electron chi connectivity index (χ3n) is 3.08. The SMILES string of the molecule is CC(C)NCc1cccc2ccn(C(C)C)c12. The molecule has 1 N–H and O–H groups in total. The number of rotatable bonds is 4. The third-order valence-corrected chi connectivity index (χ3v) is 3.08. The molecule has 0 aliphatic heterocycles. The first-order valence-electron chi connectivity index (χ1n) is 6.41. The van der Waals surface area contributed by atoms with Gasteiger partial charge in [0.1, 0.15) is 0 Å². The van der Waals surface area contributed by atoms with Gasteiger partial charge in [-0.05, 0) is 30.9 Å². The maximum atomic E-state index is 3.50. The number of fused-ring (bicyclic) bond motifs is 1. The number of nitrogens with zero attached hydrogens (tertiary/aromatic N) is 1. The van der Waals surface area contributed by atoms with E-state index in [0.717, 1.165) is 6.54 Å². The summed E-state index contributed by atoms with van der Waals surface area (Å²) >= 11 is 0. The number of benzene rings is 1. The van der Waals surface area contributed by atoms with Gasteiger partial charge in [0.2, 0.25) is 0 Å². The van der Waals surface area contributed by atoms with Crippen LogP contribution >= 0.6 is 0 Å². The molecule has 0 atom stereocenters. The van der Waals surface area contributed by atoms with Crippen LogP contribution in [-0.4, -0.2) is 10.6 Å². The first-order valence-corrected chi connectivity index (χ1v) is 6.41. The molecule has 0 spiro atoms. The Morgan fingerprint density at radius 3 is 2.53 bits per heavy atom. The van der Waals surface area contributed by atoms with Gasteiger partial charge in [-0.25, -0.2) is 0 Å². The van der Waals surface area contributed by atoms with Crippen molar-refractivity contribution in [1.29, 1.82) is 0 Å². The van der Waals surface area contributed by atoms with Crippen molar-refractivity contribution in [3.05, 3.63) is 36.0 Å². The minimum Gasteiger partial charge on any atom is -0.345 e. The predicted octanol–water partition coefficient (Wildman–Crippen LogP) is 3.72. The Morgan fingerprint density at radius 2 is 1.88 bits per heavy atom. The maximum Gasteiger partial charge on any atom is 0.0528 e. The summed E-state index contributed by atoms with van der Waals surface area (Å²) in [6.45, 7) is 9.76. The minimum absolute atomic E-state index is 0.507. The van der Waals surface area contributed by atoms with Gasteiger partial charge in [0.25, 0.3) is 0 Å². The molecular formula is C15H22N2. The van der Waals surface area contributed by atoms with Crippen LogP contribution in [0.4, 0.5) is 0 Å². The Bertz CT molecular complexity index is 495. The lowest BCUT2D eigenvalue weighted by atomic mass is 10.1. The van der Waals surface area contributed by atoms with Gasteiger partial charge < -0.3 is 9.88 Å². The van der Waals surface area contributed by atoms with E-state index in [4.69, 9.17) is 0 Å². The second kappa shape index (κ2) is 4.92. The van der Waals surface area contributed by atoms with Gasteiger partial charge >= 0.3 is 0 Å². The van der Waals surface area contributed by atoms with Crippen molar-refractivity contribution in [1.82, 2.24) is 9.88 Å². The molecule has 0 aliphatic rings. The lowest BCUT2D eigenvalue weighted by Crippen LogP contribution is -2.22. The highest BCUT2D eigenvalue weighted by atomic mass is 15.0. The van der Waals surface area contributed by atoms with Crippen LogP contribution in [0.2, 0.25) is 0 Å². The highest BCUT2D eigenvalue weighted by Gasteiger charge is 2.08. The Labute approximate surface area is 104 Å². The second-order valence-electron chi connectivity index (χ2n) is 5.21. The Morgan fingerprint density at radius 1 is 1.12 bits per heavy atom. The largest absolute Gasteiger partial charge is 0.345 e. The van der Waals surface area contributed by atoms with E-state index >= 15 is 0 Å². The summed E-state index contributed by atoms with van der Waals surface area (Å²) in [6, 6.07) is 9.78. The lowest BCUT2D eigenvalue weighted by molar-refractivity contribution is 0.583. The van der Waals surface area contributed by atoms with Crippen LogP contribution in [0.1, 0.15) is 39.3 Å². The molecule has 0 aliphatic carbocycles. The van der Waals surface area contributed by atoms with E-state index < -0.39 is 0 Å². The lowest BCUT2D eigenvalue weighted by Gasteiger charge is -2.14. The van der Waals surface area contributed by atoms with E-state index in [0.29, 0.717) is 12.1 Å². The first kappa shape index (κ1) is 12.2. The molecule has 2 rings (SSSR count).